The van der Waals surface area contributed by atoms with E-state index in [1.165, 1.54) is 32.1 Å². The maximum absolute atomic E-state index is 3.16. The summed E-state index contributed by atoms with van der Waals surface area (Å²) in [5.74, 6) is 0. The molecule has 0 saturated heterocycles. The molecular formula is C12H17. The molecule has 1 rings (SSSR count). The van der Waals surface area contributed by atoms with Gasteiger partial charge >= 0.3 is 0 Å². The molecule has 12 heavy (non-hydrogen) atoms. The summed E-state index contributed by atoms with van der Waals surface area (Å²) < 4.78 is 0. The molecule has 0 N–H and O–H groups in total. The van der Waals surface area contributed by atoms with Crippen LogP contribution in [0.1, 0.15) is 38.5 Å². The topological polar surface area (TPSA) is 0 Å². The van der Waals surface area contributed by atoms with Crippen LogP contribution in [0.5, 0.6) is 0 Å². The van der Waals surface area contributed by atoms with E-state index in [1.54, 1.807) is 0 Å². The molecule has 0 spiro atoms. The molecule has 0 amide bonds. The fraction of sp³-hybridized carbons (Fsp3) is 0.500. The normalized spacial score (nSPS) is 28.0. The third-order valence-corrected chi connectivity index (χ3v) is 1.97. The summed E-state index contributed by atoms with van der Waals surface area (Å²) in [6.45, 7) is 0. The molecule has 1 aliphatic carbocycles. The quantitative estimate of drug-likeness (QED) is 0.474. The maximum Gasteiger partial charge on any atom is -0.0230 e. The molecule has 0 fully saturated rings. The molecule has 65 valence electrons. The Morgan fingerprint density at radius 1 is 0.750 bits per heavy atom. The number of rotatable bonds is 0. The third-order valence-electron chi connectivity index (χ3n) is 1.97. The third kappa shape index (κ3) is 4.95. The first-order valence-electron chi connectivity index (χ1n) is 4.88. The van der Waals surface area contributed by atoms with Crippen LogP contribution in [-0.4, -0.2) is 0 Å². The van der Waals surface area contributed by atoms with Gasteiger partial charge in [0.1, 0.15) is 0 Å². The van der Waals surface area contributed by atoms with Crippen molar-refractivity contribution in [2.45, 2.75) is 38.5 Å². The summed E-state index contributed by atoms with van der Waals surface area (Å²) in [7, 11) is 0. The van der Waals surface area contributed by atoms with Gasteiger partial charge in [0.15, 0.2) is 0 Å². The smallest absolute Gasteiger partial charge is 0.0230 e. The van der Waals surface area contributed by atoms with E-state index in [0.29, 0.717) is 0 Å². The van der Waals surface area contributed by atoms with Crippen LogP contribution in [0, 0.1) is 6.08 Å². The van der Waals surface area contributed by atoms with Crippen LogP contribution in [0.2, 0.25) is 0 Å². The molecule has 0 aromatic carbocycles. The summed E-state index contributed by atoms with van der Waals surface area (Å²) >= 11 is 0. The van der Waals surface area contributed by atoms with E-state index in [9.17, 15) is 0 Å². The van der Waals surface area contributed by atoms with Gasteiger partial charge in [0.2, 0.25) is 0 Å². The fourth-order valence-corrected chi connectivity index (χ4v) is 1.24. The first-order valence-corrected chi connectivity index (χ1v) is 4.88. The lowest BCUT2D eigenvalue weighted by molar-refractivity contribution is 0.759. The Bertz CT molecular complexity index is 172. The lowest BCUT2D eigenvalue weighted by Gasteiger charge is -1.94. The van der Waals surface area contributed by atoms with Gasteiger partial charge in [-0.3, -0.25) is 0 Å². The van der Waals surface area contributed by atoms with Gasteiger partial charge < -0.3 is 0 Å². The predicted octanol–water partition coefficient (Wildman–Crippen LogP) is 3.81. The van der Waals surface area contributed by atoms with E-state index in [2.05, 4.69) is 30.4 Å². The van der Waals surface area contributed by atoms with Crippen molar-refractivity contribution in [3.8, 4) is 0 Å². The monoisotopic (exact) mass is 161 g/mol. The van der Waals surface area contributed by atoms with E-state index in [1.807, 2.05) is 6.08 Å². The van der Waals surface area contributed by atoms with Gasteiger partial charge in [-0.15, -0.1) is 0 Å². The van der Waals surface area contributed by atoms with Gasteiger partial charge in [0.25, 0.3) is 0 Å². The van der Waals surface area contributed by atoms with Crippen molar-refractivity contribution in [1.29, 1.82) is 0 Å². The molecule has 0 aliphatic heterocycles. The van der Waals surface area contributed by atoms with E-state index in [-0.39, 0.29) is 0 Å². The van der Waals surface area contributed by atoms with Gasteiger partial charge in [-0.2, -0.15) is 0 Å². The Balaban J connectivity index is 2.31. The highest BCUT2D eigenvalue weighted by Crippen LogP contribution is 2.04. The first-order chi connectivity index (χ1) is 6.00. The van der Waals surface area contributed by atoms with Crippen LogP contribution >= 0.6 is 0 Å². The minimum absolute atomic E-state index is 1.13. The molecular weight excluding hydrogens is 144 g/mol. The van der Waals surface area contributed by atoms with Crippen molar-refractivity contribution in [3.63, 3.8) is 0 Å². The second kappa shape index (κ2) is 6.90. The summed E-state index contributed by atoms with van der Waals surface area (Å²) in [6, 6.07) is 0. The second-order valence-corrected chi connectivity index (χ2v) is 3.11. The Morgan fingerprint density at radius 3 is 2.42 bits per heavy atom. The molecule has 0 aromatic heterocycles. The van der Waals surface area contributed by atoms with Crippen molar-refractivity contribution in [2.24, 2.45) is 0 Å². The summed E-state index contributed by atoms with van der Waals surface area (Å²) in [5.41, 5.74) is 0. The van der Waals surface area contributed by atoms with Gasteiger partial charge in [0.05, 0.1) is 0 Å². The Kier molecular flexibility index (Phi) is 5.35. The fourth-order valence-electron chi connectivity index (χ4n) is 1.24. The highest BCUT2D eigenvalue weighted by molar-refractivity contribution is 4.96. The van der Waals surface area contributed by atoms with Crippen molar-refractivity contribution in [3.05, 3.63) is 36.5 Å². The minimum Gasteiger partial charge on any atom is -0.0885 e. The molecule has 0 nitrogen and oxygen atoms in total. The Morgan fingerprint density at radius 2 is 1.50 bits per heavy atom. The van der Waals surface area contributed by atoms with Crippen LogP contribution in [0.25, 0.3) is 0 Å². The molecule has 0 bridgehead atoms. The average molecular weight is 161 g/mol. The van der Waals surface area contributed by atoms with E-state index < -0.39 is 0 Å². The number of hydrogen-bond acceptors (Lipinski definition) is 0. The highest BCUT2D eigenvalue weighted by atomic mass is 13.9. The standard InChI is InChI=1S/C12H17/c1-2-4-6-8-10-12-11-9-7-5-3-1/h1-2,7,11-12H,3-6,8,10H2/b2-1-,9-7?,12-11+. The number of hydrogen-bond donors (Lipinski definition) is 0. The highest BCUT2D eigenvalue weighted by Gasteiger charge is 1.84. The van der Waals surface area contributed by atoms with Gasteiger partial charge in [-0.25, -0.2) is 0 Å². The molecule has 0 heterocycles. The van der Waals surface area contributed by atoms with Crippen molar-refractivity contribution < 1.29 is 0 Å². The van der Waals surface area contributed by atoms with E-state index >= 15 is 0 Å². The first kappa shape index (κ1) is 9.31. The van der Waals surface area contributed by atoms with Crippen LogP contribution in [0.4, 0.5) is 0 Å². The van der Waals surface area contributed by atoms with Gasteiger partial charge in [-0.1, -0.05) is 30.4 Å². The molecule has 0 unspecified atom stereocenters. The lowest BCUT2D eigenvalue weighted by atomic mass is 10.1. The Hall–Kier alpha value is -0.780. The molecule has 0 saturated carbocycles. The van der Waals surface area contributed by atoms with Crippen molar-refractivity contribution in [2.75, 3.05) is 0 Å². The Labute approximate surface area is 75.7 Å². The summed E-state index contributed by atoms with van der Waals surface area (Å²) in [4.78, 5) is 0. The van der Waals surface area contributed by atoms with E-state index in [0.717, 1.165) is 6.42 Å². The van der Waals surface area contributed by atoms with Gasteiger partial charge in [0, 0.05) is 0 Å². The van der Waals surface area contributed by atoms with Crippen LogP contribution in [0.3, 0.4) is 0 Å². The zero-order chi connectivity index (χ0) is 8.49. The number of allylic oxidation sites excluding steroid dienone is 6. The predicted molar refractivity (Wildman–Crippen MR) is 53.8 cm³/mol. The lowest BCUT2D eigenvalue weighted by Crippen LogP contribution is -1.74. The molecule has 0 aromatic rings. The summed E-state index contributed by atoms with van der Waals surface area (Å²) in [5, 5.41) is 0. The van der Waals surface area contributed by atoms with E-state index in [4.69, 9.17) is 0 Å². The summed E-state index contributed by atoms with van der Waals surface area (Å²) in [6.07, 6.45) is 21.5. The van der Waals surface area contributed by atoms with Crippen LogP contribution < -0.4 is 0 Å². The minimum atomic E-state index is 1.13. The van der Waals surface area contributed by atoms with Crippen molar-refractivity contribution >= 4 is 0 Å². The molecule has 0 heteroatoms. The van der Waals surface area contributed by atoms with Crippen LogP contribution in [0.15, 0.2) is 30.4 Å². The van der Waals surface area contributed by atoms with Crippen molar-refractivity contribution in [1.82, 2.24) is 0 Å². The SMILES string of the molecule is [C]1=C\CC/C=C\CCCC/C=C/1. The average Bonchev–Trinajstić information content (AvgIpc) is 2.05. The largest absolute Gasteiger partial charge is 0.0885 e. The maximum atomic E-state index is 3.16. The zero-order valence-corrected chi connectivity index (χ0v) is 7.63. The molecule has 0 atom stereocenters. The molecule has 1 aliphatic rings. The van der Waals surface area contributed by atoms with Gasteiger partial charge in [-0.05, 0) is 44.6 Å². The van der Waals surface area contributed by atoms with Crippen LogP contribution in [-0.2, 0) is 0 Å². The zero-order valence-electron chi connectivity index (χ0n) is 7.63. The molecule has 1 radical (unpaired) electrons. The second-order valence-electron chi connectivity index (χ2n) is 3.11.